The molecule has 0 unspecified atom stereocenters. The van der Waals surface area contributed by atoms with Gasteiger partial charge in [0, 0.05) is 9.76 Å². The van der Waals surface area contributed by atoms with E-state index in [-0.39, 0.29) is 0 Å². The zero-order chi connectivity index (χ0) is 4.50. The Hall–Kier alpha value is 1.68. The molecule has 0 bridgehead atoms. The van der Waals surface area contributed by atoms with Crippen molar-refractivity contribution >= 4 is 55.6 Å². The maximum absolute atomic E-state index is 5.56. The van der Waals surface area contributed by atoms with Crippen LogP contribution in [0.15, 0.2) is 0 Å². The van der Waals surface area contributed by atoms with Crippen LogP contribution < -0.4 is 0 Å². The predicted octanol–water partition coefficient (Wildman–Crippen LogP) is 0.816. The van der Waals surface area contributed by atoms with Crippen LogP contribution in [0.1, 0.15) is 0 Å². The summed E-state index contributed by atoms with van der Waals surface area (Å²) in [4.78, 5) is 0. The van der Waals surface area contributed by atoms with E-state index in [1.54, 1.807) is 0 Å². The molecule has 5 heavy (non-hydrogen) atoms. The molecule has 0 rings (SSSR count). The Morgan fingerprint density at radius 1 is 1.60 bits per heavy atom. The summed E-state index contributed by atoms with van der Waals surface area (Å²) in [5.74, 6) is 0. The van der Waals surface area contributed by atoms with Gasteiger partial charge in [0.05, 0.1) is 0 Å². The molecule has 0 saturated heterocycles. The molecular formula is H3Br2ClSi2. The van der Waals surface area contributed by atoms with E-state index in [4.69, 9.17) is 11.1 Å². The quantitative estimate of drug-likeness (QED) is 0.443. The maximum Gasteiger partial charge on any atom is 0.267 e. The van der Waals surface area contributed by atoms with Gasteiger partial charge in [-0.15, -0.1) is 11.1 Å². The largest absolute Gasteiger partial charge is 0.267 e. The first-order valence-corrected chi connectivity index (χ1v) is 12.1. The molecule has 0 radical (unpaired) electrons. The molecule has 0 amide bonds. The second-order valence-electron chi connectivity index (χ2n) is 0.781. The second kappa shape index (κ2) is 2.11. The summed E-state index contributed by atoms with van der Waals surface area (Å²) < 4.78 is -1.37. The van der Waals surface area contributed by atoms with Crippen LogP contribution in [0.2, 0.25) is 0 Å². The molecule has 0 heterocycles. The topological polar surface area (TPSA) is 0 Å². The fourth-order valence-electron chi connectivity index (χ4n) is 0. The molecular weight excluding hydrogens is 251 g/mol. The molecule has 0 saturated carbocycles. The summed E-state index contributed by atoms with van der Waals surface area (Å²) >= 11 is 12.1. The van der Waals surface area contributed by atoms with Crippen molar-refractivity contribution in [3.8, 4) is 0 Å². The minimum Gasteiger partial charge on any atom is -0.142 e. The lowest BCUT2D eigenvalue weighted by Gasteiger charge is -1.91. The maximum atomic E-state index is 5.56. The summed E-state index contributed by atoms with van der Waals surface area (Å²) in [5.41, 5.74) is 0. The molecule has 0 fully saturated rings. The number of hydrogen-bond acceptors (Lipinski definition) is 0. The van der Waals surface area contributed by atoms with Gasteiger partial charge in [0.1, 0.15) is 0 Å². The second-order valence-corrected chi connectivity index (χ2v) is 35.2. The highest BCUT2D eigenvalue weighted by Crippen LogP contribution is 2.18. The zero-order valence-corrected chi connectivity index (χ0v) is 9.56. The Bertz CT molecular complexity index is 23.1. The van der Waals surface area contributed by atoms with E-state index in [1.165, 1.54) is 0 Å². The number of halogens is 3. The molecule has 0 aliphatic heterocycles. The van der Waals surface area contributed by atoms with E-state index in [0.717, 1.165) is 9.76 Å². The van der Waals surface area contributed by atoms with Crippen molar-refractivity contribution in [2.75, 3.05) is 0 Å². The van der Waals surface area contributed by atoms with E-state index < -0.39 is 4.14 Å². The lowest BCUT2D eigenvalue weighted by Crippen LogP contribution is -2.04. The Morgan fingerprint density at radius 2 is 1.60 bits per heavy atom. The van der Waals surface area contributed by atoms with Gasteiger partial charge in [0.25, 0.3) is 4.14 Å². The highest BCUT2D eigenvalue weighted by molar-refractivity contribution is 9.54. The van der Waals surface area contributed by atoms with E-state index in [0.29, 0.717) is 0 Å². The van der Waals surface area contributed by atoms with Crippen molar-refractivity contribution in [1.29, 1.82) is 0 Å². The first-order valence-electron chi connectivity index (χ1n) is 1.07. The number of hydrogen-bond donors (Lipinski definition) is 0. The summed E-state index contributed by atoms with van der Waals surface area (Å²) in [6.45, 7) is 0. The molecule has 0 nitrogen and oxygen atoms in total. The molecule has 0 aliphatic rings. The SMILES string of the molecule is [SiH3][Si](Cl)(Br)Br. The predicted molar refractivity (Wildman–Crippen MR) is 39.4 cm³/mol. The van der Waals surface area contributed by atoms with Gasteiger partial charge in [0.2, 0.25) is 0 Å². The van der Waals surface area contributed by atoms with Crippen molar-refractivity contribution in [1.82, 2.24) is 0 Å². The highest BCUT2D eigenvalue weighted by atomic mass is 79.9. The normalized spacial score (nSPS) is 12.6. The lowest BCUT2D eigenvalue weighted by molar-refractivity contribution is 4.14. The average Bonchev–Trinajstić information content (AvgIpc) is 0.722. The van der Waals surface area contributed by atoms with Crippen molar-refractivity contribution < 1.29 is 0 Å². The van der Waals surface area contributed by atoms with E-state index in [1.807, 2.05) is 0 Å². The van der Waals surface area contributed by atoms with Crippen molar-refractivity contribution in [2.45, 2.75) is 0 Å². The minimum absolute atomic E-state index is 1.05. The molecule has 0 aromatic heterocycles. The van der Waals surface area contributed by atoms with Crippen molar-refractivity contribution in [3.05, 3.63) is 0 Å². The zero-order valence-electron chi connectivity index (χ0n) is 2.63. The Balaban J connectivity index is 3.02. The van der Waals surface area contributed by atoms with Crippen LogP contribution in [-0.2, 0) is 0 Å². The molecule has 0 spiro atoms. The molecule has 32 valence electrons. The molecule has 5 heteroatoms. The molecule has 0 N–H and O–H groups in total. The van der Waals surface area contributed by atoms with Crippen LogP contribution in [-0.4, -0.2) is 13.9 Å². The average molecular weight is 254 g/mol. The third-order valence-corrected chi connectivity index (χ3v) is 0. The van der Waals surface area contributed by atoms with Gasteiger partial charge in [-0.25, -0.2) is 0 Å². The summed E-state index contributed by atoms with van der Waals surface area (Å²) in [5, 5.41) is 0. The standard InChI is InChI=1S/Br2ClH3Si2/c1-5(2,3)4/h4H3. The third kappa shape index (κ3) is 27.2. The fourth-order valence-corrected chi connectivity index (χ4v) is 0. The summed E-state index contributed by atoms with van der Waals surface area (Å²) in [7, 11) is 1.05. The van der Waals surface area contributed by atoms with Gasteiger partial charge in [-0.1, -0.05) is 30.6 Å². The molecule has 0 aromatic rings. The van der Waals surface area contributed by atoms with Gasteiger partial charge < -0.3 is 0 Å². The van der Waals surface area contributed by atoms with Crippen LogP contribution in [0, 0.1) is 0 Å². The van der Waals surface area contributed by atoms with E-state index in [2.05, 4.69) is 30.6 Å². The van der Waals surface area contributed by atoms with Crippen LogP contribution >= 0.6 is 41.7 Å². The van der Waals surface area contributed by atoms with Crippen LogP contribution in [0.3, 0.4) is 0 Å². The smallest absolute Gasteiger partial charge is 0.142 e. The van der Waals surface area contributed by atoms with E-state index >= 15 is 0 Å². The van der Waals surface area contributed by atoms with Gasteiger partial charge in [-0.05, 0) is 0 Å². The first kappa shape index (κ1) is 6.68. The Kier molecular flexibility index (Phi) is 2.82. The van der Waals surface area contributed by atoms with Crippen LogP contribution in [0.25, 0.3) is 0 Å². The number of rotatable bonds is 0. The van der Waals surface area contributed by atoms with Gasteiger partial charge in [0.15, 0.2) is 0 Å². The Morgan fingerprint density at radius 3 is 1.60 bits per heavy atom. The van der Waals surface area contributed by atoms with Gasteiger partial charge in [-0.3, -0.25) is 0 Å². The lowest BCUT2D eigenvalue weighted by atomic mass is 27.0. The van der Waals surface area contributed by atoms with Gasteiger partial charge >= 0.3 is 0 Å². The fraction of sp³-hybridized carbons (Fsp3) is 0. The van der Waals surface area contributed by atoms with Crippen LogP contribution in [0.5, 0.6) is 0 Å². The Labute approximate surface area is 55.4 Å². The highest BCUT2D eigenvalue weighted by Gasteiger charge is 2.11. The first-order chi connectivity index (χ1) is 2.00. The minimum atomic E-state index is -1.37. The van der Waals surface area contributed by atoms with Crippen LogP contribution in [0.4, 0.5) is 0 Å². The van der Waals surface area contributed by atoms with Gasteiger partial charge in [-0.2, -0.15) is 0 Å². The third-order valence-electron chi connectivity index (χ3n) is 0. The molecule has 0 atom stereocenters. The van der Waals surface area contributed by atoms with Crippen molar-refractivity contribution in [3.63, 3.8) is 0 Å². The summed E-state index contributed by atoms with van der Waals surface area (Å²) in [6, 6.07) is 0. The summed E-state index contributed by atoms with van der Waals surface area (Å²) in [6.07, 6.45) is 0. The van der Waals surface area contributed by atoms with Crippen molar-refractivity contribution in [2.24, 2.45) is 0 Å². The molecule has 0 aromatic carbocycles. The van der Waals surface area contributed by atoms with E-state index in [9.17, 15) is 0 Å². The monoisotopic (exact) mass is 252 g/mol. The molecule has 0 aliphatic carbocycles.